The molecule has 0 aliphatic carbocycles. The highest BCUT2D eigenvalue weighted by Gasteiger charge is 2.28. The van der Waals surface area contributed by atoms with Gasteiger partial charge in [0, 0.05) is 25.5 Å². The molecule has 2 N–H and O–H groups in total. The Morgan fingerprint density at radius 2 is 1.67 bits per heavy atom. The summed E-state index contributed by atoms with van der Waals surface area (Å²) in [4.78, 5) is 12.5. The van der Waals surface area contributed by atoms with Gasteiger partial charge in [-0.3, -0.25) is 0 Å². The maximum absolute atomic E-state index is 12.5. The lowest BCUT2D eigenvalue weighted by Gasteiger charge is -2.31. The number of amides is 2. The first-order chi connectivity index (χ1) is 11.6. The first-order valence-corrected chi connectivity index (χ1v) is 7.79. The van der Waals surface area contributed by atoms with Crippen LogP contribution in [-0.2, 0) is 21.6 Å². The highest BCUT2D eigenvalue weighted by molar-refractivity contribution is 5.90. The number of carbonyl (C=O) groups excluding carboxylic acids is 1. The summed E-state index contributed by atoms with van der Waals surface area (Å²) in [6.07, 6.45) is 0. The number of urea groups is 1. The normalized spacial score (nSPS) is 13.1. The Hall–Kier alpha value is -2.37. The number of ether oxygens (including phenoxy) is 2. The fourth-order valence-corrected chi connectivity index (χ4v) is 2.61. The number of hydrogen-bond acceptors (Lipinski definition) is 3. The van der Waals surface area contributed by atoms with Gasteiger partial charge in [0.15, 0.2) is 0 Å². The molecule has 0 heterocycles. The minimum Gasteiger partial charge on any atom is -0.382 e. The summed E-state index contributed by atoms with van der Waals surface area (Å²) >= 11 is 0. The molecule has 0 saturated carbocycles. The van der Waals surface area contributed by atoms with Crippen molar-refractivity contribution in [1.82, 2.24) is 5.32 Å². The van der Waals surface area contributed by atoms with Gasteiger partial charge in [-0.25, -0.2) is 4.79 Å². The largest absolute Gasteiger partial charge is 0.382 e. The highest BCUT2D eigenvalue weighted by atomic mass is 16.5. The van der Waals surface area contributed by atoms with E-state index in [0.29, 0.717) is 13.2 Å². The van der Waals surface area contributed by atoms with Crippen LogP contribution >= 0.6 is 0 Å². The van der Waals surface area contributed by atoms with Gasteiger partial charge in [0.1, 0.15) is 0 Å². The molecule has 2 aromatic carbocycles. The molecular formula is C19H24N2O3. The third-order valence-corrected chi connectivity index (χ3v) is 3.80. The average Bonchev–Trinajstić information content (AvgIpc) is 2.58. The van der Waals surface area contributed by atoms with Crippen molar-refractivity contribution < 1.29 is 14.3 Å². The lowest BCUT2D eigenvalue weighted by molar-refractivity contribution is 0.123. The zero-order valence-corrected chi connectivity index (χ0v) is 14.3. The molecule has 1 unspecified atom stereocenters. The predicted molar refractivity (Wildman–Crippen MR) is 95.0 cm³/mol. The number of benzene rings is 2. The Labute approximate surface area is 143 Å². The van der Waals surface area contributed by atoms with Gasteiger partial charge in [0.2, 0.25) is 0 Å². The maximum Gasteiger partial charge on any atom is 0.320 e. The van der Waals surface area contributed by atoms with Gasteiger partial charge < -0.3 is 20.1 Å². The van der Waals surface area contributed by atoms with Gasteiger partial charge in [-0.15, -0.1) is 0 Å². The standard InChI is InChI=1S/C19H24N2O3/c1-19(14-24-3,16-10-5-4-6-11-16)21-18(22)20-17-12-8-7-9-15(17)13-23-2/h4-12H,13-14H2,1-3H3,(H2,20,21,22). The second-order valence-electron chi connectivity index (χ2n) is 5.80. The van der Waals surface area contributed by atoms with E-state index in [1.165, 1.54) is 0 Å². The van der Waals surface area contributed by atoms with E-state index >= 15 is 0 Å². The Balaban J connectivity index is 2.14. The van der Waals surface area contributed by atoms with Crippen LogP contribution in [0.15, 0.2) is 54.6 Å². The van der Waals surface area contributed by atoms with Gasteiger partial charge in [-0.2, -0.15) is 0 Å². The summed E-state index contributed by atoms with van der Waals surface area (Å²) in [5.74, 6) is 0. The quantitative estimate of drug-likeness (QED) is 0.817. The molecule has 0 aliphatic rings. The molecule has 5 nitrogen and oxygen atoms in total. The summed E-state index contributed by atoms with van der Waals surface area (Å²) < 4.78 is 10.5. The van der Waals surface area contributed by atoms with Gasteiger partial charge in [-0.05, 0) is 18.6 Å². The predicted octanol–water partition coefficient (Wildman–Crippen LogP) is 3.52. The number of para-hydroxylation sites is 1. The molecule has 0 spiro atoms. The monoisotopic (exact) mass is 328 g/mol. The van der Waals surface area contributed by atoms with Crippen molar-refractivity contribution in [2.24, 2.45) is 0 Å². The molecule has 0 aliphatic heterocycles. The van der Waals surface area contributed by atoms with Crippen molar-refractivity contribution in [3.05, 3.63) is 65.7 Å². The van der Waals surface area contributed by atoms with Crippen molar-refractivity contribution in [2.75, 3.05) is 26.1 Å². The number of anilines is 1. The summed E-state index contributed by atoms with van der Waals surface area (Å²) in [5, 5.41) is 5.91. The summed E-state index contributed by atoms with van der Waals surface area (Å²) in [5.41, 5.74) is 2.00. The zero-order valence-electron chi connectivity index (χ0n) is 14.3. The molecule has 2 amide bonds. The third kappa shape index (κ3) is 4.57. The van der Waals surface area contributed by atoms with E-state index in [2.05, 4.69) is 10.6 Å². The SMILES string of the molecule is COCc1ccccc1NC(=O)NC(C)(COC)c1ccccc1. The molecule has 0 bridgehead atoms. The van der Waals surface area contributed by atoms with Gasteiger partial charge >= 0.3 is 6.03 Å². The zero-order chi connectivity index (χ0) is 17.4. The molecule has 2 aromatic rings. The van der Waals surface area contributed by atoms with Crippen LogP contribution in [0.25, 0.3) is 0 Å². The number of rotatable bonds is 7. The molecule has 1 atom stereocenters. The lowest BCUT2D eigenvalue weighted by Crippen LogP contribution is -2.48. The van der Waals surface area contributed by atoms with Gasteiger partial charge in [-0.1, -0.05) is 48.5 Å². The highest BCUT2D eigenvalue weighted by Crippen LogP contribution is 2.22. The van der Waals surface area contributed by atoms with Crippen LogP contribution in [0.4, 0.5) is 10.5 Å². The fraction of sp³-hybridized carbons (Fsp3) is 0.316. The van der Waals surface area contributed by atoms with E-state index in [4.69, 9.17) is 9.47 Å². The molecular weight excluding hydrogens is 304 g/mol. The Kier molecular flexibility index (Phi) is 6.35. The number of methoxy groups -OCH3 is 2. The van der Waals surface area contributed by atoms with Crippen molar-refractivity contribution >= 4 is 11.7 Å². The summed E-state index contributed by atoms with van der Waals surface area (Å²) in [6.45, 7) is 2.74. The van der Waals surface area contributed by atoms with E-state index < -0.39 is 5.54 Å². The second-order valence-corrected chi connectivity index (χ2v) is 5.80. The number of carbonyl (C=O) groups is 1. The van der Waals surface area contributed by atoms with E-state index in [1.807, 2.05) is 61.5 Å². The van der Waals surface area contributed by atoms with Crippen LogP contribution < -0.4 is 10.6 Å². The van der Waals surface area contributed by atoms with Gasteiger partial charge in [0.25, 0.3) is 0 Å². The van der Waals surface area contributed by atoms with E-state index in [9.17, 15) is 4.79 Å². The Morgan fingerprint density at radius 1 is 1.00 bits per heavy atom. The Bertz CT molecular complexity index is 661. The third-order valence-electron chi connectivity index (χ3n) is 3.80. The van der Waals surface area contributed by atoms with Crippen LogP contribution in [0.5, 0.6) is 0 Å². The maximum atomic E-state index is 12.5. The number of nitrogens with one attached hydrogen (secondary N) is 2. The minimum atomic E-state index is -0.629. The summed E-state index contributed by atoms with van der Waals surface area (Å²) in [7, 11) is 3.25. The van der Waals surface area contributed by atoms with Crippen molar-refractivity contribution in [1.29, 1.82) is 0 Å². The molecule has 24 heavy (non-hydrogen) atoms. The average molecular weight is 328 g/mol. The van der Waals surface area contributed by atoms with Crippen molar-refractivity contribution in [3.8, 4) is 0 Å². The van der Waals surface area contributed by atoms with E-state index in [-0.39, 0.29) is 6.03 Å². The molecule has 0 saturated heterocycles. The van der Waals surface area contributed by atoms with E-state index in [1.54, 1.807) is 14.2 Å². The fourth-order valence-electron chi connectivity index (χ4n) is 2.61. The molecule has 0 radical (unpaired) electrons. The molecule has 0 fully saturated rings. The van der Waals surface area contributed by atoms with Crippen molar-refractivity contribution in [2.45, 2.75) is 19.1 Å². The van der Waals surface area contributed by atoms with Crippen LogP contribution in [0, 0.1) is 0 Å². The van der Waals surface area contributed by atoms with Crippen molar-refractivity contribution in [3.63, 3.8) is 0 Å². The minimum absolute atomic E-state index is 0.290. The lowest BCUT2D eigenvalue weighted by atomic mass is 9.93. The van der Waals surface area contributed by atoms with Crippen LogP contribution in [0.2, 0.25) is 0 Å². The first-order valence-electron chi connectivity index (χ1n) is 7.79. The van der Waals surface area contributed by atoms with Gasteiger partial charge in [0.05, 0.1) is 18.8 Å². The topological polar surface area (TPSA) is 59.6 Å². The Morgan fingerprint density at radius 3 is 2.33 bits per heavy atom. The molecule has 2 rings (SSSR count). The van der Waals surface area contributed by atoms with Crippen LogP contribution in [-0.4, -0.2) is 26.9 Å². The van der Waals surface area contributed by atoms with Crippen LogP contribution in [0.1, 0.15) is 18.1 Å². The van der Waals surface area contributed by atoms with E-state index in [0.717, 1.165) is 16.8 Å². The molecule has 5 heteroatoms. The van der Waals surface area contributed by atoms with Crippen LogP contribution in [0.3, 0.4) is 0 Å². The second kappa shape index (κ2) is 8.47. The number of hydrogen-bond donors (Lipinski definition) is 2. The summed E-state index contributed by atoms with van der Waals surface area (Å²) in [6, 6.07) is 17.0. The first kappa shape index (κ1) is 18.0. The molecule has 0 aromatic heterocycles. The molecule has 128 valence electrons. The smallest absolute Gasteiger partial charge is 0.320 e.